The molecule has 0 fully saturated rings. The predicted octanol–water partition coefficient (Wildman–Crippen LogP) is -0.777. The van der Waals surface area contributed by atoms with E-state index in [0.717, 1.165) is 6.54 Å². The molecule has 1 aliphatic heterocycles. The molecule has 0 spiro atoms. The number of aromatic nitrogens is 2. The van der Waals surface area contributed by atoms with Crippen molar-refractivity contribution >= 4 is 5.97 Å². The van der Waals surface area contributed by atoms with E-state index in [2.05, 4.69) is 14.6 Å². The molecule has 1 aromatic heterocycles. The highest BCUT2D eigenvalue weighted by atomic mass is 16.5. The molecule has 0 radical (unpaired) electrons. The fraction of sp³-hybridized carbons (Fsp3) is 0.545. The number of carbonyl (C=O) groups excluding carboxylic acids is 1. The first-order chi connectivity index (χ1) is 8.54. The van der Waals surface area contributed by atoms with Crippen LogP contribution in [0.1, 0.15) is 16.3 Å². The first-order valence-corrected chi connectivity index (χ1v) is 5.64. The average molecular weight is 253 g/mol. The molecular formula is C11H15N3O4. The minimum absolute atomic E-state index is 0.307. The van der Waals surface area contributed by atoms with E-state index in [1.165, 1.54) is 11.7 Å². The van der Waals surface area contributed by atoms with E-state index in [9.17, 15) is 14.7 Å². The fourth-order valence-electron chi connectivity index (χ4n) is 1.92. The quantitative estimate of drug-likeness (QED) is 0.661. The van der Waals surface area contributed by atoms with Gasteiger partial charge in [0.2, 0.25) is 5.75 Å². The van der Waals surface area contributed by atoms with Crippen LogP contribution in [-0.4, -0.2) is 52.8 Å². The zero-order valence-corrected chi connectivity index (χ0v) is 10.3. The summed E-state index contributed by atoms with van der Waals surface area (Å²) in [5.41, 5.74) is -0.894. The van der Waals surface area contributed by atoms with Crippen LogP contribution in [0.4, 0.5) is 0 Å². The zero-order valence-electron chi connectivity index (χ0n) is 10.3. The van der Waals surface area contributed by atoms with Crippen molar-refractivity contribution in [2.24, 2.45) is 0 Å². The molecule has 1 aliphatic rings. The van der Waals surface area contributed by atoms with Gasteiger partial charge in [-0.15, -0.1) is 0 Å². The van der Waals surface area contributed by atoms with Gasteiger partial charge in [-0.2, -0.15) is 0 Å². The molecule has 0 aromatic carbocycles. The van der Waals surface area contributed by atoms with Crippen molar-refractivity contribution in [3.05, 3.63) is 21.9 Å². The molecule has 7 heteroatoms. The number of rotatable bonds is 1. The van der Waals surface area contributed by atoms with E-state index in [1.807, 2.05) is 7.05 Å². The minimum Gasteiger partial charge on any atom is -0.501 e. The molecule has 0 saturated carbocycles. The second kappa shape index (κ2) is 4.77. The number of esters is 1. The number of carbonyl (C=O) groups is 1. The van der Waals surface area contributed by atoms with Crippen molar-refractivity contribution in [2.75, 3.05) is 27.2 Å². The molecule has 0 bridgehead atoms. The van der Waals surface area contributed by atoms with Gasteiger partial charge in [0.05, 0.1) is 7.11 Å². The largest absolute Gasteiger partial charge is 0.501 e. The Morgan fingerprint density at radius 2 is 2.11 bits per heavy atom. The number of methoxy groups -OCH3 is 1. The summed E-state index contributed by atoms with van der Waals surface area (Å²) in [6.45, 7) is 1.90. The van der Waals surface area contributed by atoms with E-state index in [1.54, 1.807) is 0 Å². The highest BCUT2D eigenvalue weighted by molar-refractivity contribution is 5.89. The Balaban J connectivity index is 2.55. The summed E-state index contributed by atoms with van der Waals surface area (Å²) >= 11 is 0. The maximum absolute atomic E-state index is 12.0. The third kappa shape index (κ3) is 2.08. The standard InChI is InChI=1S/C11H15N3O4/c1-13-4-3-7-12-8(11(17)18-2)9(15)10(16)14(7)6-5-13/h15H,3-6H2,1-2H3. The monoisotopic (exact) mass is 253 g/mol. The molecule has 1 N–H and O–H groups in total. The Labute approximate surface area is 104 Å². The van der Waals surface area contributed by atoms with Crippen molar-refractivity contribution in [2.45, 2.75) is 13.0 Å². The Hall–Kier alpha value is -1.89. The van der Waals surface area contributed by atoms with Gasteiger partial charge >= 0.3 is 5.97 Å². The topological polar surface area (TPSA) is 84.7 Å². The minimum atomic E-state index is -0.800. The Morgan fingerprint density at radius 3 is 2.78 bits per heavy atom. The molecule has 2 heterocycles. The van der Waals surface area contributed by atoms with Crippen molar-refractivity contribution < 1.29 is 14.6 Å². The number of fused-ring (bicyclic) bond motifs is 1. The van der Waals surface area contributed by atoms with Gasteiger partial charge in [0, 0.05) is 26.1 Å². The van der Waals surface area contributed by atoms with E-state index >= 15 is 0 Å². The van der Waals surface area contributed by atoms with Gasteiger partial charge in [-0.05, 0) is 7.05 Å². The van der Waals surface area contributed by atoms with Crippen LogP contribution in [0.3, 0.4) is 0 Å². The number of likely N-dealkylation sites (N-methyl/N-ethyl adjacent to an activating group) is 1. The number of hydrogen-bond donors (Lipinski definition) is 1. The summed E-state index contributed by atoms with van der Waals surface area (Å²) in [5, 5.41) is 9.70. The molecule has 0 amide bonds. The molecule has 1 aromatic rings. The zero-order chi connectivity index (χ0) is 13.3. The van der Waals surface area contributed by atoms with Gasteiger partial charge in [-0.3, -0.25) is 9.36 Å². The lowest BCUT2D eigenvalue weighted by molar-refractivity contribution is 0.0589. The SMILES string of the molecule is COC(=O)c1nc2n(c(=O)c1O)CCN(C)CC2. The third-order valence-electron chi connectivity index (χ3n) is 3.03. The molecule has 2 rings (SSSR count). The molecule has 0 atom stereocenters. The highest BCUT2D eigenvalue weighted by Crippen LogP contribution is 2.13. The number of nitrogens with zero attached hydrogens (tertiary/aromatic N) is 3. The van der Waals surface area contributed by atoms with Crippen LogP contribution < -0.4 is 5.56 Å². The third-order valence-corrected chi connectivity index (χ3v) is 3.03. The predicted molar refractivity (Wildman–Crippen MR) is 62.7 cm³/mol. The van der Waals surface area contributed by atoms with Gasteiger partial charge in [0.1, 0.15) is 5.82 Å². The summed E-state index contributed by atoms with van der Waals surface area (Å²) in [7, 11) is 3.12. The van der Waals surface area contributed by atoms with Gasteiger partial charge in [-0.1, -0.05) is 0 Å². The lowest BCUT2D eigenvalue weighted by Gasteiger charge is -2.11. The van der Waals surface area contributed by atoms with E-state index in [-0.39, 0.29) is 5.69 Å². The van der Waals surface area contributed by atoms with Crippen LogP contribution in [0.5, 0.6) is 5.75 Å². The summed E-state index contributed by atoms with van der Waals surface area (Å²) < 4.78 is 5.90. The number of hydrogen-bond acceptors (Lipinski definition) is 6. The summed E-state index contributed by atoms with van der Waals surface area (Å²) in [6.07, 6.45) is 0.552. The van der Waals surface area contributed by atoms with Crippen LogP contribution in [0, 0.1) is 0 Å². The normalized spacial score (nSPS) is 15.9. The summed E-state index contributed by atoms with van der Waals surface area (Å²) in [5.74, 6) is -0.941. The van der Waals surface area contributed by atoms with Gasteiger partial charge in [-0.25, -0.2) is 9.78 Å². The molecule has 0 unspecified atom stereocenters. The van der Waals surface area contributed by atoms with E-state index in [4.69, 9.17) is 0 Å². The van der Waals surface area contributed by atoms with Crippen LogP contribution in [-0.2, 0) is 17.7 Å². The Morgan fingerprint density at radius 1 is 1.39 bits per heavy atom. The summed E-state index contributed by atoms with van der Waals surface area (Å²) in [4.78, 5) is 29.5. The molecule has 18 heavy (non-hydrogen) atoms. The van der Waals surface area contributed by atoms with Crippen LogP contribution in [0.15, 0.2) is 4.79 Å². The number of aromatic hydroxyl groups is 1. The van der Waals surface area contributed by atoms with E-state index < -0.39 is 17.3 Å². The average Bonchev–Trinajstić information content (AvgIpc) is 2.55. The summed E-state index contributed by atoms with van der Waals surface area (Å²) in [6, 6.07) is 0. The maximum atomic E-state index is 12.0. The first-order valence-electron chi connectivity index (χ1n) is 5.64. The Bertz CT molecular complexity index is 538. The smallest absolute Gasteiger partial charge is 0.360 e. The molecule has 7 nitrogen and oxygen atoms in total. The molecular weight excluding hydrogens is 238 g/mol. The maximum Gasteiger partial charge on any atom is 0.360 e. The van der Waals surface area contributed by atoms with Crippen LogP contribution in [0.2, 0.25) is 0 Å². The molecule has 0 saturated heterocycles. The fourth-order valence-corrected chi connectivity index (χ4v) is 1.92. The van der Waals surface area contributed by atoms with Crippen molar-refractivity contribution in [1.29, 1.82) is 0 Å². The van der Waals surface area contributed by atoms with Crippen molar-refractivity contribution in [3.8, 4) is 5.75 Å². The van der Waals surface area contributed by atoms with Gasteiger partial charge in [0.15, 0.2) is 5.69 Å². The second-order valence-electron chi connectivity index (χ2n) is 4.23. The van der Waals surface area contributed by atoms with Gasteiger partial charge in [0.25, 0.3) is 5.56 Å². The second-order valence-corrected chi connectivity index (χ2v) is 4.23. The molecule has 98 valence electrons. The highest BCUT2D eigenvalue weighted by Gasteiger charge is 2.23. The molecule has 0 aliphatic carbocycles. The van der Waals surface area contributed by atoms with Crippen LogP contribution >= 0.6 is 0 Å². The first kappa shape index (κ1) is 12.6. The number of ether oxygens (including phenoxy) is 1. The van der Waals surface area contributed by atoms with E-state index in [0.29, 0.717) is 25.3 Å². The lowest BCUT2D eigenvalue weighted by Crippen LogP contribution is -2.28. The van der Waals surface area contributed by atoms with Crippen molar-refractivity contribution in [3.63, 3.8) is 0 Å². The van der Waals surface area contributed by atoms with Gasteiger partial charge < -0.3 is 14.7 Å². The van der Waals surface area contributed by atoms with Crippen LogP contribution in [0.25, 0.3) is 0 Å². The lowest BCUT2D eigenvalue weighted by atomic mass is 10.3. The Kier molecular flexibility index (Phi) is 3.33. The van der Waals surface area contributed by atoms with Crippen molar-refractivity contribution in [1.82, 2.24) is 14.5 Å².